The van der Waals surface area contributed by atoms with Crippen molar-refractivity contribution in [1.29, 1.82) is 0 Å². The van der Waals surface area contributed by atoms with Gasteiger partial charge in [-0.15, -0.1) is 0 Å². The Labute approximate surface area is 191 Å². The molecule has 0 bridgehead atoms. The van der Waals surface area contributed by atoms with Crippen molar-refractivity contribution in [3.63, 3.8) is 0 Å². The summed E-state index contributed by atoms with van der Waals surface area (Å²) in [5, 5.41) is 35.5. The molecule has 2 saturated heterocycles. The molecule has 2 fully saturated rings. The molecular formula is C20H19Cl2N5O5. The van der Waals surface area contributed by atoms with Gasteiger partial charge in [-0.25, -0.2) is 4.68 Å². The maximum atomic E-state index is 10.4. The normalized spacial score (nSPS) is 28.5. The Balaban J connectivity index is 1.33. The van der Waals surface area contributed by atoms with Crippen LogP contribution in [0.1, 0.15) is 17.4 Å². The third-order valence-electron chi connectivity index (χ3n) is 6.42. The van der Waals surface area contributed by atoms with E-state index in [1.54, 1.807) is 6.20 Å². The second-order valence-corrected chi connectivity index (χ2v) is 9.09. The molecule has 2 aromatic heterocycles. The summed E-state index contributed by atoms with van der Waals surface area (Å²) in [7, 11) is 0. The van der Waals surface area contributed by atoms with E-state index in [0.29, 0.717) is 41.6 Å². The van der Waals surface area contributed by atoms with Crippen LogP contribution in [0, 0.1) is 0 Å². The fraction of sp³-hybridized carbons (Fsp3) is 0.450. The molecular weight excluding hydrogens is 461 g/mol. The van der Waals surface area contributed by atoms with E-state index in [2.05, 4.69) is 15.1 Å². The first-order valence-electron chi connectivity index (χ1n) is 10.1. The van der Waals surface area contributed by atoms with Crippen LogP contribution in [-0.2, 0) is 21.7 Å². The number of fused-ring (bicyclic) bond motifs is 3. The van der Waals surface area contributed by atoms with Gasteiger partial charge in [0.25, 0.3) is 0 Å². The lowest BCUT2D eigenvalue weighted by Gasteiger charge is -2.48. The van der Waals surface area contributed by atoms with Crippen LogP contribution in [0.3, 0.4) is 0 Å². The van der Waals surface area contributed by atoms with Crippen LogP contribution in [0.2, 0.25) is 10.3 Å². The van der Waals surface area contributed by atoms with Crippen molar-refractivity contribution in [2.45, 2.75) is 36.7 Å². The summed E-state index contributed by atoms with van der Waals surface area (Å²) in [5.74, 6) is 0.592. The van der Waals surface area contributed by atoms with E-state index in [1.807, 2.05) is 23.1 Å². The monoisotopic (exact) mass is 479 g/mol. The zero-order valence-electron chi connectivity index (χ0n) is 16.6. The molecule has 3 aliphatic rings. The SMILES string of the molecule is OC[C@H]1O[C@@H](n2ncc3c(N4CC5(C4)OCc4cc(Cl)ccc45)nc(Cl)nc32)[C@H](O)[C@@H]1O. The Morgan fingerprint density at radius 3 is 2.72 bits per heavy atom. The number of halogens is 2. The molecule has 0 amide bonds. The van der Waals surface area contributed by atoms with E-state index in [4.69, 9.17) is 32.7 Å². The van der Waals surface area contributed by atoms with Gasteiger partial charge in [-0.1, -0.05) is 17.7 Å². The molecule has 0 unspecified atom stereocenters. The van der Waals surface area contributed by atoms with Gasteiger partial charge in [0.15, 0.2) is 11.9 Å². The molecule has 0 radical (unpaired) electrons. The first-order chi connectivity index (χ1) is 15.4. The van der Waals surface area contributed by atoms with Crippen molar-refractivity contribution in [1.82, 2.24) is 19.7 Å². The van der Waals surface area contributed by atoms with Crippen LogP contribution in [0.15, 0.2) is 24.4 Å². The predicted octanol–water partition coefficient (Wildman–Crippen LogP) is 0.990. The lowest BCUT2D eigenvalue weighted by atomic mass is 9.85. The number of anilines is 1. The summed E-state index contributed by atoms with van der Waals surface area (Å²) < 4.78 is 13.1. The second kappa shape index (κ2) is 7.22. The zero-order valence-corrected chi connectivity index (χ0v) is 18.1. The predicted molar refractivity (Wildman–Crippen MR) is 113 cm³/mol. The van der Waals surface area contributed by atoms with E-state index in [-0.39, 0.29) is 5.28 Å². The summed E-state index contributed by atoms with van der Waals surface area (Å²) in [6, 6.07) is 5.80. The van der Waals surface area contributed by atoms with Crippen molar-refractivity contribution in [3.05, 3.63) is 45.8 Å². The van der Waals surface area contributed by atoms with Crippen molar-refractivity contribution in [2.75, 3.05) is 24.6 Å². The molecule has 1 spiro atoms. The van der Waals surface area contributed by atoms with E-state index in [9.17, 15) is 15.3 Å². The summed E-state index contributed by atoms with van der Waals surface area (Å²) in [6.07, 6.45) is -2.89. The van der Waals surface area contributed by atoms with E-state index in [0.717, 1.165) is 11.1 Å². The lowest BCUT2D eigenvalue weighted by molar-refractivity contribution is -0.0586. The highest BCUT2D eigenvalue weighted by Gasteiger charge is 2.51. The van der Waals surface area contributed by atoms with Gasteiger partial charge in [-0.05, 0) is 34.9 Å². The Morgan fingerprint density at radius 2 is 1.97 bits per heavy atom. The second-order valence-electron chi connectivity index (χ2n) is 8.31. The maximum Gasteiger partial charge on any atom is 0.226 e. The average molecular weight is 480 g/mol. The van der Waals surface area contributed by atoms with Gasteiger partial charge in [-0.3, -0.25) is 0 Å². The number of benzene rings is 1. The molecule has 10 nitrogen and oxygen atoms in total. The van der Waals surface area contributed by atoms with Crippen LogP contribution >= 0.6 is 23.2 Å². The van der Waals surface area contributed by atoms with Crippen LogP contribution in [0.25, 0.3) is 11.0 Å². The van der Waals surface area contributed by atoms with Crippen molar-refractivity contribution in [2.24, 2.45) is 0 Å². The fourth-order valence-corrected chi connectivity index (χ4v) is 5.15. The standard InChI is InChI=1S/C20H19Cl2N5O5/c21-10-1-2-12-9(3-10)6-31-20(12)7-26(8-20)16-11-4-23-27(17(11)25-19(22)24-16)18-15(30)14(29)13(5-28)32-18/h1-4,13-15,18,28-30H,5-8H2/t13-,14-,15-,18-/m1/s1. The number of hydrogen-bond donors (Lipinski definition) is 3. The van der Waals surface area contributed by atoms with E-state index < -0.39 is 36.7 Å². The van der Waals surface area contributed by atoms with Gasteiger partial charge in [0.1, 0.15) is 29.7 Å². The lowest BCUT2D eigenvalue weighted by Crippen LogP contribution is -2.59. The number of aliphatic hydroxyl groups excluding tert-OH is 3. The van der Waals surface area contributed by atoms with Crippen molar-refractivity contribution >= 4 is 40.1 Å². The number of rotatable bonds is 3. The number of ether oxygens (including phenoxy) is 2. The third kappa shape index (κ3) is 2.88. The molecule has 1 aromatic carbocycles. The molecule has 0 aliphatic carbocycles. The van der Waals surface area contributed by atoms with Crippen molar-refractivity contribution in [3.8, 4) is 0 Å². The smallest absolute Gasteiger partial charge is 0.226 e. The first kappa shape index (κ1) is 20.5. The minimum absolute atomic E-state index is 0.0152. The number of nitrogens with zero attached hydrogens (tertiary/aromatic N) is 5. The molecule has 3 N–H and O–H groups in total. The number of aromatic nitrogens is 4. The highest BCUT2D eigenvalue weighted by atomic mass is 35.5. The summed E-state index contributed by atoms with van der Waals surface area (Å²) in [4.78, 5) is 10.7. The van der Waals surface area contributed by atoms with Crippen LogP contribution < -0.4 is 4.90 Å². The van der Waals surface area contributed by atoms with Crippen LogP contribution in [-0.4, -0.2) is 73.1 Å². The van der Waals surface area contributed by atoms with Gasteiger partial charge in [-0.2, -0.15) is 15.1 Å². The summed E-state index contributed by atoms with van der Waals surface area (Å²) in [6.45, 7) is 1.22. The fourth-order valence-electron chi connectivity index (χ4n) is 4.80. The molecule has 4 atom stereocenters. The molecule has 5 heterocycles. The third-order valence-corrected chi connectivity index (χ3v) is 6.82. The zero-order chi connectivity index (χ0) is 22.2. The molecule has 0 saturated carbocycles. The average Bonchev–Trinajstić information content (AvgIpc) is 3.41. The van der Waals surface area contributed by atoms with E-state index in [1.165, 1.54) is 4.68 Å². The van der Waals surface area contributed by atoms with Gasteiger partial charge in [0, 0.05) is 5.02 Å². The molecule has 12 heteroatoms. The summed E-state index contributed by atoms with van der Waals surface area (Å²) >= 11 is 12.3. The molecule has 3 aromatic rings. The quantitative estimate of drug-likeness (QED) is 0.471. The Kier molecular flexibility index (Phi) is 4.64. The Hall–Kier alpha value is -2.05. The van der Waals surface area contributed by atoms with E-state index >= 15 is 0 Å². The first-order valence-corrected chi connectivity index (χ1v) is 10.9. The molecule has 6 rings (SSSR count). The van der Waals surface area contributed by atoms with Crippen LogP contribution in [0.5, 0.6) is 0 Å². The van der Waals surface area contributed by atoms with Crippen LogP contribution in [0.4, 0.5) is 5.82 Å². The Morgan fingerprint density at radius 1 is 1.16 bits per heavy atom. The Bertz CT molecular complexity index is 1220. The molecule has 168 valence electrons. The topological polar surface area (TPSA) is 126 Å². The largest absolute Gasteiger partial charge is 0.394 e. The highest BCUT2D eigenvalue weighted by molar-refractivity contribution is 6.30. The van der Waals surface area contributed by atoms with Gasteiger partial charge in [0.05, 0.1) is 37.9 Å². The molecule has 32 heavy (non-hydrogen) atoms. The van der Waals surface area contributed by atoms with Crippen molar-refractivity contribution < 1.29 is 24.8 Å². The minimum Gasteiger partial charge on any atom is -0.394 e. The highest BCUT2D eigenvalue weighted by Crippen LogP contribution is 2.46. The molecule has 3 aliphatic heterocycles. The number of aliphatic hydroxyl groups is 3. The summed E-state index contributed by atoms with van der Waals surface area (Å²) in [5.41, 5.74) is 2.13. The maximum absolute atomic E-state index is 10.4. The van der Waals surface area contributed by atoms with Gasteiger partial charge < -0.3 is 29.7 Å². The minimum atomic E-state index is -1.28. The van der Waals surface area contributed by atoms with Gasteiger partial charge >= 0.3 is 0 Å². The van der Waals surface area contributed by atoms with Gasteiger partial charge in [0.2, 0.25) is 5.28 Å². The number of hydrogen-bond acceptors (Lipinski definition) is 9.